The predicted octanol–water partition coefficient (Wildman–Crippen LogP) is 2.79. The van der Waals surface area contributed by atoms with Gasteiger partial charge in [0, 0.05) is 13.4 Å². The molecule has 0 unspecified atom stereocenters. The average Bonchev–Trinajstić information content (AvgIpc) is 2.60. The van der Waals surface area contributed by atoms with Crippen LogP contribution in [-0.4, -0.2) is 44.7 Å². The Morgan fingerprint density at radius 1 is 1.03 bits per heavy atom. The second-order valence-corrected chi connectivity index (χ2v) is 10.3. The molecule has 2 aromatic carbocycles. The summed E-state index contributed by atoms with van der Waals surface area (Å²) in [5.41, 5.74) is 3.49. The molecular weight excluding hydrogens is 419 g/mol. The number of aryl methyl sites for hydroxylation is 2. The third-order valence-electron chi connectivity index (χ3n) is 4.19. The van der Waals surface area contributed by atoms with Gasteiger partial charge in [0.2, 0.25) is 0 Å². The molecule has 160 valence electrons. The van der Waals surface area contributed by atoms with Gasteiger partial charge in [-0.05, 0) is 66.8 Å². The topological polar surface area (TPSA) is 119 Å². The van der Waals surface area contributed by atoms with Crippen LogP contribution in [0.15, 0.2) is 35.2 Å². The van der Waals surface area contributed by atoms with Crippen molar-refractivity contribution >= 4 is 17.4 Å². The van der Waals surface area contributed by atoms with Crippen LogP contribution in [0, 0.1) is 13.8 Å². The van der Waals surface area contributed by atoms with E-state index in [4.69, 9.17) is 24.0 Å². The van der Waals surface area contributed by atoms with Crippen molar-refractivity contribution in [2.75, 3.05) is 26.5 Å². The van der Waals surface area contributed by atoms with Crippen molar-refractivity contribution in [3.05, 3.63) is 52.6 Å². The number of sulfone groups is 1. The van der Waals surface area contributed by atoms with Crippen molar-refractivity contribution < 1.29 is 37.0 Å². The predicted molar refractivity (Wildman–Crippen MR) is 108 cm³/mol. The smallest absolute Gasteiger partial charge is 0.362 e. The minimum Gasteiger partial charge on any atom is -0.481 e. The van der Waals surface area contributed by atoms with E-state index in [2.05, 4.69) is 0 Å². The van der Waals surface area contributed by atoms with E-state index in [0.29, 0.717) is 12.2 Å². The molecule has 0 aromatic heterocycles. The fourth-order valence-corrected chi connectivity index (χ4v) is 4.05. The van der Waals surface area contributed by atoms with E-state index in [1.807, 2.05) is 13.8 Å². The Morgan fingerprint density at radius 2 is 1.66 bits per heavy atom. The van der Waals surface area contributed by atoms with Crippen molar-refractivity contribution in [2.24, 2.45) is 0 Å². The van der Waals surface area contributed by atoms with E-state index in [9.17, 15) is 13.0 Å². The van der Waals surface area contributed by atoms with Crippen LogP contribution < -0.4 is 9.47 Å². The highest BCUT2D eigenvalue weighted by Crippen LogP contribution is 2.35. The third kappa shape index (κ3) is 6.83. The van der Waals surface area contributed by atoms with Crippen LogP contribution in [0.4, 0.5) is 0 Å². The standard InChI is InChI=1S/C19H25O8PS/c1-13-7-16(27-12-28(20,21)22)8-14(2)17(13)9-15-5-6-18(26-11-25-3)19(10-15)29(4,23)24/h5-8,10H,9,11-12H2,1-4H3,(H2,20,21,22). The molecule has 2 aromatic rings. The molecule has 0 aliphatic heterocycles. The Kier molecular flexibility index (Phi) is 7.48. The summed E-state index contributed by atoms with van der Waals surface area (Å²) in [6.45, 7) is 3.66. The summed E-state index contributed by atoms with van der Waals surface area (Å²) in [6, 6.07) is 8.37. The van der Waals surface area contributed by atoms with Gasteiger partial charge >= 0.3 is 7.60 Å². The van der Waals surface area contributed by atoms with Crippen molar-refractivity contribution in [1.29, 1.82) is 0 Å². The Hall–Kier alpha value is -1.90. The highest BCUT2D eigenvalue weighted by Gasteiger charge is 2.18. The molecule has 0 atom stereocenters. The van der Waals surface area contributed by atoms with Crippen LogP contribution in [-0.2, 0) is 25.6 Å². The first-order valence-corrected chi connectivity index (χ1v) is 12.3. The van der Waals surface area contributed by atoms with Crippen molar-refractivity contribution in [3.63, 3.8) is 0 Å². The Balaban J connectivity index is 2.32. The quantitative estimate of drug-likeness (QED) is 0.448. The van der Waals surface area contributed by atoms with E-state index in [0.717, 1.165) is 28.5 Å². The van der Waals surface area contributed by atoms with E-state index < -0.39 is 23.8 Å². The number of benzene rings is 2. The first-order valence-electron chi connectivity index (χ1n) is 8.63. The molecule has 0 saturated carbocycles. The first-order chi connectivity index (χ1) is 13.4. The second-order valence-electron chi connectivity index (χ2n) is 6.75. The molecule has 10 heteroatoms. The van der Waals surface area contributed by atoms with Crippen LogP contribution in [0.3, 0.4) is 0 Å². The van der Waals surface area contributed by atoms with E-state index in [-0.39, 0.29) is 17.4 Å². The van der Waals surface area contributed by atoms with Gasteiger partial charge in [-0.15, -0.1) is 0 Å². The van der Waals surface area contributed by atoms with Gasteiger partial charge in [0.25, 0.3) is 0 Å². The molecule has 29 heavy (non-hydrogen) atoms. The molecule has 8 nitrogen and oxygen atoms in total. The zero-order valence-electron chi connectivity index (χ0n) is 16.7. The maximum atomic E-state index is 12.2. The maximum Gasteiger partial charge on any atom is 0.362 e. The summed E-state index contributed by atoms with van der Waals surface area (Å²) >= 11 is 0. The van der Waals surface area contributed by atoms with Gasteiger partial charge in [0.1, 0.15) is 16.4 Å². The zero-order chi connectivity index (χ0) is 21.8. The summed E-state index contributed by atoms with van der Waals surface area (Å²) < 4.78 is 50.7. The molecule has 0 heterocycles. The minimum atomic E-state index is -4.26. The number of ether oxygens (including phenoxy) is 3. The molecule has 0 fully saturated rings. The number of hydrogen-bond acceptors (Lipinski definition) is 6. The lowest BCUT2D eigenvalue weighted by Crippen LogP contribution is -2.07. The summed E-state index contributed by atoms with van der Waals surface area (Å²) in [5, 5.41) is 0. The number of hydrogen-bond donors (Lipinski definition) is 2. The highest BCUT2D eigenvalue weighted by molar-refractivity contribution is 7.90. The first kappa shape index (κ1) is 23.4. The lowest BCUT2D eigenvalue weighted by molar-refractivity contribution is 0.0490. The van der Waals surface area contributed by atoms with E-state index in [1.54, 1.807) is 30.3 Å². The third-order valence-corrected chi connectivity index (χ3v) is 5.77. The molecule has 0 saturated heterocycles. The molecule has 2 N–H and O–H groups in total. The summed E-state index contributed by atoms with van der Waals surface area (Å²) in [7, 11) is -6.31. The molecule has 0 spiro atoms. The Bertz CT molecular complexity index is 1000. The van der Waals surface area contributed by atoms with E-state index in [1.165, 1.54) is 7.11 Å². The van der Waals surface area contributed by atoms with Crippen LogP contribution in [0.25, 0.3) is 0 Å². The lowest BCUT2D eigenvalue weighted by atomic mass is 9.96. The SMILES string of the molecule is COCOc1ccc(Cc2c(C)cc(OCP(=O)(O)O)cc2C)cc1S(C)(=O)=O. The minimum absolute atomic E-state index is 0.0594. The number of methoxy groups -OCH3 is 1. The lowest BCUT2D eigenvalue weighted by Gasteiger charge is -2.15. The van der Waals surface area contributed by atoms with Crippen LogP contribution in [0.1, 0.15) is 22.3 Å². The molecule has 0 amide bonds. The maximum absolute atomic E-state index is 12.2. The summed E-state index contributed by atoms with van der Waals surface area (Å²) in [4.78, 5) is 18.0. The largest absolute Gasteiger partial charge is 0.481 e. The zero-order valence-corrected chi connectivity index (χ0v) is 18.4. The van der Waals surface area contributed by atoms with Gasteiger partial charge in [0.05, 0.1) is 0 Å². The fraction of sp³-hybridized carbons (Fsp3) is 0.368. The van der Waals surface area contributed by atoms with Gasteiger partial charge in [-0.25, -0.2) is 8.42 Å². The Labute approximate surface area is 170 Å². The molecule has 0 aliphatic carbocycles. The molecule has 0 bridgehead atoms. The van der Waals surface area contributed by atoms with Gasteiger partial charge < -0.3 is 24.0 Å². The molecule has 0 radical (unpaired) electrons. The van der Waals surface area contributed by atoms with Crippen molar-refractivity contribution in [1.82, 2.24) is 0 Å². The summed E-state index contributed by atoms with van der Waals surface area (Å²) in [6.07, 6.45) is 0.908. The van der Waals surface area contributed by atoms with Crippen molar-refractivity contribution in [3.8, 4) is 11.5 Å². The number of rotatable bonds is 9. The second kappa shape index (κ2) is 9.28. The van der Waals surface area contributed by atoms with Gasteiger partial charge in [-0.2, -0.15) is 0 Å². The van der Waals surface area contributed by atoms with Gasteiger partial charge in [-0.1, -0.05) is 6.07 Å². The monoisotopic (exact) mass is 444 g/mol. The fourth-order valence-electron chi connectivity index (χ4n) is 2.87. The molecule has 0 aliphatic rings. The van der Waals surface area contributed by atoms with Gasteiger partial charge in [-0.3, -0.25) is 4.57 Å². The van der Waals surface area contributed by atoms with Crippen LogP contribution >= 0.6 is 7.60 Å². The Morgan fingerprint density at radius 3 is 2.17 bits per heavy atom. The summed E-state index contributed by atoms with van der Waals surface area (Å²) in [5.74, 6) is 0.597. The van der Waals surface area contributed by atoms with Gasteiger partial charge in [0.15, 0.2) is 23.0 Å². The van der Waals surface area contributed by atoms with Crippen LogP contribution in [0.5, 0.6) is 11.5 Å². The average molecular weight is 444 g/mol. The molecule has 2 rings (SSSR count). The van der Waals surface area contributed by atoms with E-state index >= 15 is 0 Å². The van der Waals surface area contributed by atoms with Crippen molar-refractivity contribution in [2.45, 2.75) is 25.2 Å². The normalized spacial score (nSPS) is 12.1. The molecular formula is C19H25O8PS. The van der Waals surface area contributed by atoms with Crippen LogP contribution in [0.2, 0.25) is 0 Å². The highest BCUT2D eigenvalue weighted by atomic mass is 32.2.